The Morgan fingerprint density at radius 3 is 2.59 bits per heavy atom. The van der Waals surface area contributed by atoms with Crippen LogP contribution in [0.1, 0.15) is 5.89 Å². The van der Waals surface area contributed by atoms with Crippen molar-refractivity contribution < 1.29 is 4.42 Å². The Kier molecular flexibility index (Phi) is 3.04. The first-order valence-electron chi connectivity index (χ1n) is 7.34. The molecule has 0 unspecified atom stereocenters. The predicted molar refractivity (Wildman–Crippen MR) is 90.1 cm³/mol. The number of anilines is 1. The van der Waals surface area contributed by atoms with E-state index >= 15 is 0 Å². The molecule has 0 amide bonds. The Balaban J connectivity index is 1.70. The van der Waals surface area contributed by atoms with Crippen LogP contribution in [-0.2, 0) is 6.54 Å². The number of benzene rings is 3. The van der Waals surface area contributed by atoms with Crippen molar-refractivity contribution in [3.05, 3.63) is 72.6 Å². The van der Waals surface area contributed by atoms with E-state index < -0.39 is 0 Å². The molecule has 4 rings (SSSR count). The van der Waals surface area contributed by atoms with Crippen LogP contribution in [0.25, 0.3) is 21.9 Å². The summed E-state index contributed by atoms with van der Waals surface area (Å²) in [7, 11) is 2.07. The molecule has 0 radical (unpaired) electrons. The van der Waals surface area contributed by atoms with Gasteiger partial charge < -0.3 is 9.32 Å². The number of hydrogen-bond donors (Lipinski definition) is 0. The Hall–Kier alpha value is -2.81. The summed E-state index contributed by atoms with van der Waals surface area (Å²) < 4.78 is 5.82. The summed E-state index contributed by atoms with van der Waals surface area (Å²) in [6, 6.07) is 22.6. The maximum absolute atomic E-state index is 5.82. The van der Waals surface area contributed by atoms with Crippen LogP contribution in [0.15, 0.2) is 71.1 Å². The van der Waals surface area contributed by atoms with Gasteiger partial charge >= 0.3 is 0 Å². The molecule has 0 saturated heterocycles. The van der Waals surface area contributed by atoms with Crippen LogP contribution in [0.5, 0.6) is 0 Å². The minimum absolute atomic E-state index is 0.642. The molecule has 3 aromatic carbocycles. The van der Waals surface area contributed by atoms with Crippen LogP contribution in [0.2, 0.25) is 0 Å². The number of oxazole rings is 1. The second-order valence-corrected chi connectivity index (χ2v) is 5.43. The van der Waals surface area contributed by atoms with E-state index in [0.717, 1.165) is 17.0 Å². The molecule has 0 saturated carbocycles. The largest absolute Gasteiger partial charge is 0.439 e. The highest BCUT2D eigenvalue weighted by atomic mass is 16.3. The van der Waals surface area contributed by atoms with Gasteiger partial charge in [0.15, 0.2) is 5.58 Å². The van der Waals surface area contributed by atoms with E-state index in [1.165, 1.54) is 16.5 Å². The van der Waals surface area contributed by atoms with Gasteiger partial charge in [-0.1, -0.05) is 48.5 Å². The fourth-order valence-corrected chi connectivity index (χ4v) is 2.82. The van der Waals surface area contributed by atoms with E-state index in [4.69, 9.17) is 4.42 Å². The summed E-state index contributed by atoms with van der Waals surface area (Å²) in [6.45, 7) is 0.642. The van der Waals surface area contributed by atoms with Gasteiger partial charge in [-0.3, -0.25) is 0 Å². The molecule has 1 heterocycles. The Labute approximate surface area is 128 Å². The molecule has 0 aliphatic heterocycles. The number of para-hydroxylation sites is 2. The lowest BCUT2D eigenvalue weighted by molar-refractivity contribution is 0.527. The van der Waals surface area contributed by atoms with Crippen molar-refractivity contribution in [2.75, 3.05) is 11.9 Å². The summed E-state index contributed by atoms with van der Waals surface area (Å²) in [5.41, 5.74) is 2.92. The lowest BCUT2D eigenvalue weighted by Gasteiger charge is -2.19. The molecular formula is C19H16N2O. The zero-order chi connectivity index (χ0) is 14.9. The molecule has 0 N–H and O–H groups in total. The van der Waals surface area contributed by atoms with Gasteiger partial charge in [-0.05, 0) is 23.6 Å². The predicted octanol–water partition coefficient (Wildman–Crippen LogP) is 4.62. The van der Waals surface area contributed by atoms with Crippen LogP contribution < -0.4 is 4.90 Å². The third-order valence-electron chi connectivity index (χ3n) is 3.89. The van der Waals surface area contributed by atoms with E-state index in [9.17, 15) is 0 Å². The van der Waals surface area contributed by atoms with Crippen molar-refractivity contribution in [1.82, 2.24) is 4.98 Å². The zero-order valence-electron chi connectivity index (χ0n) is 12.4. The topological polar surface area (TPSA) is 29.3 Å². The van der Waals surface area contributed by atoms with Gasteiger partial charge in [-0.15, -0.1) is 0 Å². The number of aromatic nitrogens is 1. The monoisotopic (exact) mass is 288 g/mol. The zero-order valence-corrected chi connectivity index (χ0v) is 12.4. The standard InChI is InChI=1S/C19H16N2O/c1-21(13-19-20-16-10-4-5-12-18(16)22-19)17-11-6-8-14-7-2-3-9-15(14)17/h2-12H,13H2,1H3. The summed E-state index contributed by atoms with van der Waals surface area (Å²) in [6.07, 6.45) is 0. The second kappa shape index (κ2) is 5.19. The maximum Gasteiger partial charge on any atom is 0.215 e. The first-order valence-corrected chi connectivity index (χ1v) is 7.34. The summed E-state index contributed by atoms with van der Waals surface area (Å²) in [5.74, 6) is 0.733. The molecule has 4 aromatic rings. The molecule has 108 valence electrons. The highest BCUT2D eigenvalue weighted by Gasteiger charge is 2.10. The van der Waals surface area contributed by atoms with Gasteiger partial charge in [0.25, 0.3) is 0 Å². The number of rotatable bonds is 3. The lowest BCUT2D eigenvalue weighted by Crippen LogP contribution is -2.16. The van der Waals surface area contributed by atoms with Crippen LogP contribution in [0, 0.1) is 0 Å². The smallest absolute Gasteiger partial charge is 0.215 e. The third kappa shape index (κ3) is 2.21. The molecule has 3 heteroatoms. The molecule has 3 nitrogen and oxygen atoms in total. The van der Waals surface area contributed by atoms with Crippen molar-refractivity contribution in [1.29, 1.82) is 0 Å². The van der Waals surface area contributed by atoms with Crippen molar-refractivity contribution in [2.24, 2.45) is 0 Å². The van der Waals surface area contributed by atoms with Gasteiger partial charge in [0.05, 0.1) is 6.54 Å². The molecule has 0 fully saturated rings. The molecule has 0 spiro atoms. The van der Waals surface area contributed by atoms with E-state index in [-0.39, 0.29) is 0 Å². The molecular weight excluding hydrogens is 272 g/mol. The average molecular weight is 288 g/mol. The summed E-state index contributed by atoms with van der Waals surface area (Å²) in [5, 5.41) is 2.48. The molecule has 0 bridgehead atoms. The molecule has 0 aliphatic carbocycles. The number of fused-ring (bicyclic) bond motifs is 2. The second-order valence-electron chi connectivity index (χ2n) is 5.43. The maximum atomic E-state index is 5.82. The normalized spacial score (nSPS) is 11.1. The first kappa shape index (κ1) is 12.9. The SMILES string of the molecule is CN(Cc1nc2ccccc2o1)c1cccc2ccccc12. The van der Waals surface area contributed by atoms with Gasteiger partial charge in [0.1, 0.15) is 5.52 Å². The van der Waals surface area contributed by atoms with Crippen LogP contribution in [-0.4, -0.2) is 12.0 Å². The van der Waals surface area contributed by atoms with Crippen LogP contribution >= 0.6 is 0 Å². The van der Waals surface area contributed by atoms with Crippen LogP contribution in [0.4, 0.5) is 5.69 Å². The quantitative estimate of drug-likeness (QED) is 0.551. The summed E-state index contributed by atoms with van der Waals surface area (Å²) in [4.78, 5) is 6.72. The van der Waals surface area contributed by atoms with Gasteiger partial charge in [0, 0.05) is 18.1 Å². The Morgan fingerprint density at radius 2 is 1.68 bits per heavy atom. The molecule has 0 atom stereocenters. The first-order chi connectivity index (χ1) is 10.8. The average Bonchev–Trinajstić information content (AvgIpc) is 2.96. The highest BCUT2D eigenvalue weighted by molar-refractivity contribution is 5.94. The molecule has 1 aromatic heterocycles. The highest BCUT2D eigenvalue weighted by Crippen LogP contribution is 2.27. The van der Waals surface area contributed by atoms with Crippen molar-refractivity contribution in [3.8, 4) is 0 Å². The van der Waals surface area contributed by atoms with Crippen molar-refractivity contribution >= 4 is 27.6 Å². The van der Waals surface area contributed by atoms with Gasteiger partial charge in [-0.2, -0.15) is 0 Å². The summed E-state index contributed by atoms with van der Waals surface area (Å²) >= 11 is 0. The van der Waals surface area contributed by atoms with Gasteiger partial charge in [-0.25, -0.2) is 4.98 Å². The molecule has 22 heavy (non-hydrogen) atoms. The van der Waals surface area contributed by atoms with E-state index in [1.807, 2.05) is 24.3 Å². The fraction of sp³-hybridized carbons (Fsp3) is 0.105. The number of hydrogen-bond acceptors (Lipinski definition) is 3. The Bertz CT molecular complexity index is 904. The van der Waals surface area contributed by atoms with Crippen LogP contribution in [0.3, 0.4) is 0 Å². The molecule has 0 aliphatic rings. The lowest BCUT2D eigenvalue weighted by atomic mass is 10.1. The minimum atomic E-state index is 0.642. The van der Waals surface area contributed by atoms with Gasteiger partial charge in [0.2, 0.25) is 5.89 Å². The van der Waals surface area contributed by atoms with Crippen molar-refractivity contribution in [3.63, 3.8) is 0 Å². The fourth-order valence-electron chi connectivity index (χ4n) is 2.82. The van der Waals surface area contributed by atoms with E-state index in [1.54, 1.807) is 0 Å². The minimum Gasteiger partial charge on any atom is -0.439 e. The third-order valence-corrected chi connectivity index (χ3v) is 3.89. The van der Waals surface area contributed by atoms with E-state index in [0.29, 0.717) is 6.54 Å². The van der Waals surface area contributed by atoms with E-state index in [2.05, 4.69) is 59.4 Å². The number of nitrogens with zero attached hydrogens (tertiary/aromatic N) is 2. The Morgan fingerprint density at radius 1 is 0.909 bits per heavy atom. The van der Waals surface area contributed by atoms with Crippen molar-refractivity contribution in [2.45, 2.75) is 6.54 Å².